The Labute approximate surface area is 118 Å². The Morgan fingerprint density at radius 3 is 2.78 bits per heavy atom. The van der Waals surface area contributed by atoms with Gasteiger partial charge in [0.1, 0.15) is 11.7 Å². The molecule has 1 heterocycles. The number of hydrogen-bond acceptors (Lipinski definition) is 1. The third-order valence-electron chi connectivity index (χ3n) is 3.05. The standard InChI is InChI=1S/C14H10FIN2/c15-10-5-4-9-8-18(14(17)13(9)6-10)12-3-1-2-11(16)7-12/h1-7,17H,8H2. The van der Waals surface area contributed by atoms with Crippen LogP contribution in [0.4, 0.5) is 10.1 Å². The van der Waals surface area contributed by atoms with Crippen LogP contribution in [-0.4, -0.2) is 5.84 Å². The summed E-state index contributed by atoms with van der Waals surface area (Å²) in [6.07, 6.45) is 0. The molecule has 1 aliphatic heterocycles. The van der Waals surface area contributed by atoms with E-state index in [4.69, 9.17) is 5.41 Å². The van der Waals surface area contributed by atoms with Crippen LogP contribution in [-0.2, 0) is 6.54 Å². The van der Waals surface area contributed by atoms with E-state index in [0.29, 0.717) is 17.9 Å². The molecule has 0 unspecified atom stereocenters. The SMILES string of the molecule is N=C1c2cc(F)ccc2CN1c1cccc(I)c1. The summed E-state index contributed by atoms with van der Waals surface area (Å²) < 4.78 is 14.3. The molecular weight excluding hydrogens is 342 g/mol. The largest absolute Gasteiger partial charge is 0.322 e. The quantitative estimate of drug-likeness (QED) is 0.778. The molecule has 1 N–H and O–H groups in total. The number of nitrogens with zero attached hydrogens (tertiary/aromatic N) is 1. The van der Waals surface area contributed by atoms with Gasteiger partial charge in [0.25, 0.3) is 0 Å². The van der Waals surface area contributed by atoms with E-state index in [9.17, 15) is 4.39 Å². The van der Waals surface area contributed by atoms with Crippen molar-refractivity contribution in [3.8, 4) is 0 Å². The summed E-state index contributed by atoms with van der Waals surface area (Å²) in [5, 5.41) is 8.15. The van der Waals surface area contributed by atoms with E-state index in [0.717, 1.165) is 14.8 Å². The molecule has 0 saturated heterocycles. The van der Waals surface area contributed by atoms with Gasteiger partial charge in [0.2, 0.25) is 0 Å². The molecule has 0 aromatic heterocycles. The topological polar surface area (TPSA) is 27.1 Å². The average molecular weight is 352 g/mol. The highest BCUT2D eigenvalue weighted by atomic mass is 127. The van der Waals surface area contributed by atoms with Crippen molar-refractivity contribution in [3.63, 3.8) is 0 Å². The molecule has 0 spiro atoms. The molecule has 2 aromatic rings. The van der Waals surface area contributed by atoms with Gasteiger partial charge in [0.05, 0.1) is 6.54 Å². The number of fused-ring (bicyclic) bond motifs is 1. The average Bonchev–Trinajstić information content (AvgIpc) is 2.67. The van der Waals surface area contributed by atoms with Crippen LogP contribution in [0.3, 0.4) is 0 Å². The highest BCUT2D eigenvalue weighted by molar-refractivity contribution is 14.1. The summed E-state index contributed by atoms with van der Waals surface area (Å²) in [6, 6.07) is 12.6. The number of hydrogen-bond donors (Lipinski definition) is 1. The van der Waals surface area contributed by atoms with Crippen LogP contribution in [0.5, 0.6) is 0 Å². The minimum Gasteiger partial charge on any atom is -0.322 e. The molecule has 0 bridgehead atoms. The maximum atomic E-state index is 13.2. The lowest BCUT2D eigenvalue weighted by atomic mass is 10.1. The monoisotopic (exact) mass is 352 g/mol. The predicted molar refractivity (Wildman–Crippen MR) is 78.6 cm³/mol. The van der Waals surface area contributed by atoms with E-state index < -0.39 is 0 Å². The van der Waals surface area contributed by atoms with Gasteiger partial charge in [-0.05, 0) is 58.5 Å². The highest BCUT2D eigenvalue weighted by Gasteiger charge is 2.25. The Balaban J connectivity index is 2.02. The second kappa shape index (κ2) is 4.35. The normalized spacial score (nSPS) is 13.9. The summed E-state index contributed by atoms with van der Waals surface area (Å²) in [5.41, 5.74) is 2.66. The van der Waals surface area contributed by atoms with E-state index in [1.807, 2.05) is 29.2 Å². The van der Waals surface area contributed by atoms with E-state index in [1.54, 1.807) is 6.07 Å². The molecule has 0 fully saturated rings. The lowest BCUT2D eigenvalue weighted by Crippen LogP contribution is -2.23. The van der Waals surface area contributed by atoms with Gasteiger partial charge in [-0.15, -0.1) is 0 Å². The van der Waals surface area contributed by atoms with Crippen molar-refractivity contribution >= 4 is 34.1 Å². The lowest BCUT2D eigenvalue weighted by molar-refractivity contribution is 0.627. The number of amidine groups is 1. The first kappa shape index (κ1) is 11.6. The fourth-order valence-corrected chi connectivity index (χ4v) is 2.69. The number of benzene rings is 2. The molecule has 90 valence electrons. The van der Waals surface area contributed by atoms with E-state index in [2.05, 4.69) is 22.6 Å². The molecule has 1 aliphatic rings. The van der Waals surface area contributed by atoms with E-state index in [-0.39, 0.29) is 5.82 Å². The number of nitrogens with one attached hydrogen (secondary N) is 1. The van der Waals surface area contributed by atoms with Gasteiger partial charge < -0.3 is 4.90 Å². The Morgan fingerprint density at radius 1 is 1.17 bits per heavy atom. The zero-order valence-electron chi connectivity index (χ0n) is 9.45. The molecule has 3 rings (SSSR count). The molecule has 0 amide bonds. The predicted octanol–water partition coefficient (Wildman–Crippen LogP) is 3.78. The molecule has 0 aliphatic carbocycles. The van der Waals surface area contributed by atoms with Crippen LogP contribution in [0, 0.1) is 14.8 Å². The smallest absolute Gasteiger partial charge is 0.133 e. The molecule has 0 atom stereocenters. The highest BCUT2D eigenvalue weighted by Crippen LogP contribution is 2.29. The number of anilines is 1. The maximum Gasteiger partial charge on any atom is 0.133 e. The van der Waals surface area contributed by atoms with Gasteiger partial charge >= 0.3 is 0 Å². The second-order valence-electron chi connectivity index (χ2n) is 4.22. The van der Waals surface area contributed by atoms with E-state index >= 15 is 0 Å². The van der Waals surface area contributed by atoms with Gasteiger partial charge in [0.15, 0.2) is 0 Å². The zero-order chi connectivity index (χ0) is 12.7. The Morgan fingerprint density at radius 2 is 2.00 bits per heavy atom. The first-order valence-electron chi connectivity index (χ1n) is 5.55. The van der Waals surface area contributed by atoms with Crippen LogP contribution in [0.15, 0.2) is 42.5 Å². The van der Waals surface area contributed by atoms with Gasteiger partial charge in [-0.1, -0.05) is 12.1 Å². The number of halogens is 2. The molecule has 0 radical (unpaired) electrons. The fourth-order valence-electron chi connectivity index (χ4n) is 2.17. The van der Waals surface area contributed by atoms with Gasteiger partial charge in [-0.3, -0.25) is 5.41 Å². The first-order valence-corrected chi connectivity index (χ1v) is 6.63. The first-order chi connectivity index (χ1) is 8.65. The van der Waals surface area contributed by atoms with Crippen molar-refractivity contribution in [2.45, 2.75) is 6.54 Å². The van der Waals surface area contributed by atoms with Crippen molar-refractivity contribution in [2.75, 3.05) is 4.90 Å². The Hall–Kier alpha value is -1.43. The van der Waals surface area contributed by atoms with Crippen molar-refractivity contribution in [1.29, 1.82) is 5.41 Å². The zero-order valence-corrected chi connectivity index (χ0v) is 11.6. The van der Waals surface area contributed by atoms with Gasteiger partial charge in [-0.2, -0.15) is 0 Å². The molecule has 4 heteroatoms. The fraction of sp³-hybridized carbons (Fsp3) is 0.0714. The summed E-state index contributed by atoms with van der Waals surface area (Å²) >= 11 is 2.25. The van der Waals surface area contributed by atoms with E-state index in [1.165, 1.54) is 12.1 Å². The van der Waals surface area contributed by atoms with Crippen molar-refractivity contribution in [3.05, 3.63) is 63.0 Å². The van der Waals surface area contributed by atoms with Crippen molar-refractivity contribution in [1.82, 2.24) is 0 Å². The van der Waals surface area contributed by atoms with Gasteiger partial charge in [0, 0.05) is 14.8 Å². The third-order valence-corrected chi connectivity index (χ3v) is 3.72. The Bertz CT molecular complexity index is 639. The molecular formula is C14H10FIN2. The lowest BCUT2D eigenvalue weighted by Gasteiger charge is -2.18. The maximum absolute atomic E-state index is 13.2. The van der Waals surface area contributed by atoms with Crippen LogP contribution >= 0.6 is 22.6 Å². The molecule has 2 nitrogen and oxygen atoms in total. The minimum atomic E-state index is -0.289. The second-order valence-corrected chi connectivity index (χ2v) is 5.46. The van der Waals surface area contributed by atoms with Gasteiger partial charge in [-0.25, -0.2) is 4.39 Å². The molecule has 0 saturated carbocycles. The van der Waals surface area contributed by atoms with Crippen LogP contribution in [0.2, 0.25) is 0 Å². The molecule has 18 heavy (non-hydrogen) atoms. The van der Waals surface area contributed by atoms with Crippen molar-refractivity contribution < 1.29 is 4.39 Å². The summed E-state index contributed by atoms with van der Waals surface area (Å²) in [4.78, 5) is 1.90. The summed E-state index contributed by atoms with van der Waals surface area (Å²) in [6.45, 7) is 0.633. The Kier molecular flexibility index (Phi) is 2.81. The summed E-state index contributed by atoms with van der Waals surface area (Å²) in [5.74, 6) is 0.0782. The van der Waals surface area contributed by atoms with Crippen LogP contribution in [0.1, 0.15) is 11.1 Å². The van der Waals surface area contributed by atoms with Crippen LogP contribution in [0.25, 0.3) is 0 Å². The summed E-state index contributed by atoms with van der Waals surface area (Å²) in [7, 11) is 0. The number of rotatable bonds is 1. The van der Waals surface area contributed by atoms with Crippen LogP contribution < -0.4 is 4.90 Å². The van der Waals surface area contributed by atoms with Crippen molar-refractivity contribution in [2.24, 2.45) is 0 Å². The molecule has 2 aromatic carbocycles. The third kappa shape index (κ3) is 1.90. The minimum absolute atomic E-state index is 0.289.